The summed E-state index contributed by atoms with van der Waals surface area (Å²) in [6, 6.07) is 9.00. The topological polar surface area (TPSA) is 50.8 Å². The number of hydrogen-bond acceptors (Lipinski definition) is 4. The summed E-state index contributed by atoms with van der Waals surface area (Å²) in [7, 11) is 3.20. The molecule has 27 heavy (non-hydrogen) atoms. The number of rotatable bonds is 6. The molecule has 0 aliphatic carbocycles. The van der Waals surface area contributed by atoms with E-state index in [1.54, 1.807) is 14.2 Å². The number of amides is 1. The van der Waals surface area contributed by atoms with Gasteiger partial charge in [-0.25, -0.2) is 8.78 Å². The van der Waals surface area contributed by atoms with Gasteiger partial charge in [-0.05, 0) is 37.6 Å². The van der Waals surface area contributed by atoms with E-state index in [9.17, 15) is 13.6 Å². The SMILES string of the molecule is COc1ccc([C@@H]2CCCN2CC(=O)Nc2ccc(F)c(F)c2)c(OC)c1. The zero-order valence-electron chi connectivity index (χ0n) is 15.3. The predicted molar refractivity (Wildman–Crippen MR) is 98.1 cm³/mol. The summed E-state index contributed by atoms with van der Waals surface area (Å²) in [6.07, 6.45) is 1.86. The molecule has 0 radical (unpaired) electrons. The number of ether oxygens (including phenoxy) is 2. The van der Waals surface area contributed by atoms with Gasteiger partial charge in [-0.15, -0.1) is 0 Å². The molecule has 1 fully saturated rings. The normalized spacial score (nSPS) is 17.0. The number of anilines is 1. The third-order valence-corrected chi connectivity index (χ3v) is 4.71. The summed E-state index contributed by atoms with van der Waals surface area (Å²) in [5, 5.41) is 2.62. The van der Waals surface area contributed by atoms with Crippen LogP contribution in [0.5, 0.6) is 11.5 Å². The summed E-state index contributed by atoms with van der Waals surface area (Å²) in [6.45, 7) is 0.921. The smallest absolute Gasteiger partial charge is 0.238 e. The Kier molecular flexibility index (Phi) is 5.91. The molecular formula is C20H22F2N2O3. The first-order valence-corrected chi connectivity index (χ1v) is 8.72. The molecule has 0 aromatic heterocycles. The first kappa shape index (κ1) is 19.1. The van der Waals surface area contributed by atoms with Crippen LogP contribution in [0.25, 0.3) is 0 Å². The van der Waals surface area contributed by atoms with Crippen LogP contribution in [0.3, 0.4) is 0 Å². The lowest BCUT2D eigenvalue weighted by atomic mass is 10.0. The van der Waals surface area contributed by atoms with E-state index in [2.05, 4.69) is 10.2 Å². The fourth-order valence-electron chi connectivity index (χ4n) is 3.42. The molecule has 0 spiro atoms. The first-order valence-electron chi connectivity index (χ1n) is 8.72. The van der Waals surface area contributed by atoms with Gasteiger partial charge in [0.15, 0.2) is 11.6 Å². The first-order chi connectivity index (χ1) is 13.0. The van der Waals surface area contributed by atoms with Crippen LogP contribution in [0.2, 0.25) is 0 Å². The summed E-state index contributed by atoms with van der Waals surface area (Å²) in [5.41, 5.74) is 1.23. The van der Waals surface area contributed by atoms with Gasteiger partial charge in [0.25, 0.3) is 0 Å². The number of nitrogens with one attached hydrogen (secondary N) is 1. The number of benzene rings is 2. The second-order valence-electron chi connectivity index (χ2n) is 6.41. The van der Waals surface area contributed by atoms with Crippen LogP contribution in [-0.4, -0.2) is 38.1 Å². The molecule has 2 aromatic carbocycles. The Balaban J connectivity index is 1.71. The molecule has 0 bridgehead atoms. The van der Waals surface area contributed by atoms with Crippen molar-refractivity contribution in [1.29, 1.82) is 0 Å². The number of halogens is 2. The molecule has 1 aliphatic rings. The second-order valence-corrected chi connectivity index (χ2v) is 6.41. The third kappa shape index (κ3) is 4.36. The van der Waals surface area contributed by atoms with E-state index in [-0.39, 0.29) is 24.2 Å². The Morgan fingerprint density at radius 1 is 1.15 bits per heavy atom. The number of likely N-dealkylation sites (tertiary alicyclic amines) is 1. The highest BCUT2D eigenvalue weighted by Gasteiger charge is 2.30. The maximum absolute atomic E-state index is 13.3. The summed E-state index contributed by atoms with van der Waals surface area (Å²) < 4.78 is 37.0. The molecule has 0 saturated carbocycles. The van der Waals surface area contributed by atoms with Crippen LogP contribution >= 0.6 is 0 Å². The van der Waals surface area contributed by atoms with Crippen LogP contribution in [0.15, 0.2) is 36.4 Å². The minimum Gasteiger partial charge on any atom is -0.497 e. The molecule has 144 valence electrons. The number of methoxy groups -OCH3 is 2. The van der Waals surface area contributed by atoms with Gasteiger partial charge in [0.2, 0.25) is 5.91 Å². The summed E-state index contributed by atoms with van der Waals surface area (Å²) >= 11 is 0. The van der Waals surface area contributed by atoms with Gasteiger partial charge >= 0.3 is 0 Å². The standard InChI is InChI=1S/C20H22F2N2O3/c1-26-14-6-7-15(19(11-14)27-2)18-4-3-9-24(18)12-20(25)23-13-5-8-16(21)17(22)10-13/h5-8,10-11,18H,3-4,9,12H2,1-2H3,(H,23,25)/t18-/m0/s1. The number of carbonyl (C=O) groups excluding carboxylic acids is 1. The fraction of sp³-hybridized carbons (Fsp3) is 0.350. The Morgan fingerprint density at radius 3 is 2.67 bits per heavy atom. The largest absolute Gasteiger partial charge is 0.497 e. The third-order valence-electron chi connectivity index (χ3n) is 4.71. The zero-order chi connectivity index (χ0) is 19.4. The van der Waals surface area contributed by atoms with Crippen LogP contribution in [-0.2, 0) is 4.79 Å². The van der Waals surface area contributed by atoms with Crippen molar-refractivity contribution in [1.82, 2.24) is 4.90 Å². The maximum atomic E-state index is 13.3. The molecule has 1 saturated heterocycles. The van der Waals surface area contributed by atoms with Crippen LogP contribution in [0.1, 0.15) is 24.4 Å². The fourth-order valence-corrected chi connectivity index (χ4v) is 3.42. The highest BCUT2D eigenvalue weighted by atomic mass is 19.2. The van der Waals surface area contributed by atoms with Gasteiger partial charge in [-0.2, -0.15) is 0 Å². The summed E-state index contributed by atoms with van der Waals surface area (Å²) in [4.78, 5) is 14.4. The van der Waals surface area contributed by atoms with E-state index >= 15 is 0 Å². The Morgan fingerprint density at radius 2 is 1.96 bits per heavy atom. The molecule has 2 aromatic rings. The quantitative estimate of drug-likeness (QED) is 0.834. The Hall–Kier alpha value is -2.67. The molecule has 3 rings (SSSR count). The molecule has 1 aliphatic heterocycles. The number of nitrogens with zero attached hydrogens (tertiary/aromatic N) is 1. The van der Waals surface area contributed by atoms with E-state index in [0.29, 0.717) is 11.5 Å². The second kappa shape index (κ2) is 8.35. The van der Waals surface area contributed by atoms with Crippen LogP contribution < -0.4 is 14.8 Å². The molecule has 1 amide bonds. The lowest BCUT2D eigenvalue weighted by Gasteiger charge is -2.25. The predicted octanol–water partition coefficient (Wildman–Crippen LogP) is 3.76. The van der Waals surface area contributed by atoms with Gasteiger partial charge in [0, 0.05) is 29.4 Å². The van der Waals surface area contributed by atoms with E-state index in [4.69, 9.17) is 9.47 Å². The van der Waals surface area contributed by atoms with Crippen LogP contribution in [0.4, 0.5) is 14.5 Å². The van der Waals surface area contributed by atoms with Gasteiger partial charge in [-0.3, -0.25) is 9.69 Å². The lowest BCUT2D eigenvalue weighted by molar-refractivity contribution is -0.117. The molecule has 7 heteroatoms. The zero-order valence-corrected chi connectivity index (χ0v) is 15.3. The van der Waals surface area contributed by atoms with Crippen molar-refractivity contribution in [3.63, 3.8) is 0 Å². The monoisotopic (exact) mass is 376 g/mol. The number of carbonyl (C=O) groups is 1. The average Bonchev–Trinajstić information content (AvgIpc) is 3.11. The lowest BCUT2D eigenvalue weighted by Crippen LogP contribution is -2.33. The van der Waals surface area contributed by atoms with Gasteiger partial charge in [0.05, 0.1) is 20.8 Å². The van der Waals surface area contributed by atoms with Gasteiger partial charge in [-0.1, -0.05) is 6.07 Å². The molecule has 1 N–H and O–H groups in total. The Bertz CT molecular complexity index is 829. The van der Waals surface area contributed by atoms with Crippen molar-refractivity contribution >= 4 is 11.6 Å². The van der Waals surface area contributed by atoms with E-state index in [1.165, 1.54) is 6.07 Å². The average molecular weight is 376 g/mol. The van der Waals surface area contributed by atoms with Crippen molar-refractivity contribution in [3.05, 3.63) is 53.6 Å². The van der Waals surface area contributed by atoms with Crippen molar-refractivity contribution in [3.8, 4) is 11.5 Å². The maximum Gasteiger partial charge on any atom is 0.238 e. The molecule has 1 heterocycles. The van der Waals surface area contributed by atoms with Gasteiger partial charge < -0.3 is 14.8 Å². The molecule has 1 atom stereocenters. The van der Waals surface area contributed by atoms with Crippen molar-refractivity contribution in [2.45, 2.75) is 18.9 Å². The van der Waals surface area contributed by atoms with Crippen molar-refractivity contribution in [2.75, 3.05) is 32.6 Å². The minimum atomic E-state index is -0.991. The number of hydrogen-bond donors (Lipinski definition) is 1. The van der Waals surface area contributed by atoms with Crippen molar-refractivity contribution < 1.29 is 23.0 Å². The van der Waals surface area contributed by atoms with Crippen molar-refractivity contribution in [2.24, 2.45) is 0 Å². The molecule has 5 nitrogen and oxygen atoms in total. The highest BCUT2D eigenvalue weighted by molar-refractivity contribution is 5.92. The van der Waals surface area contributed by atoms with E-state index in [1.807, 2.05) is 18.2 Å². The Labute approximate surface area is 156 Å². The summed E-state index contributed by atoms with van der Waals surface area (Å²) in [5.74, 6) is -0.794. The molecule has 0 unspecified atom stereocenters. The highest BCUT2D eigenvalue weighted by Crippen LogP contribution is 2.38. The minimum absolute atomic E-state index is 0.0431. The van der Waals surface area contributed by atoms with Crippen LogP contribution in [0, 0.1) is 11.6 Å². The van der Waals surface area contributed by atoms with E-state index < -0.39 is 11.6 Å². The molecular weight excluding hydrogens is 354 g/mol. The van der Waals surface area contributed by atoms with E-state index in [0.717, 1.165) is 37.1 Å². The van der Waals surface area contributed by atoms with Gasteiger partial charge in [0.1, 0.15) is 11.5 Å².